The minimum atomic E-state index is -0.731. The number of rotatable bonds is 8. The highest BCUT2D eigenvalue weighted by Crippen LogP contribution is 2.41. The highest BCUT2D eigenvalue weighted by molar-refractivity contribution is 8.00. The summed E-state index contributed by atoms with van der Waals surface area (Å²) >= 11 is 14.7. The van der Waals surface area contributed by atoms with Gasteiger partial charge in [-0.3, -0.25) is 9.59 Å². The number of carbonyl (C=O) groups is 4. The number of thioether (sulfide) groups is 1. The third-order valence-corrected chi connectivity index (χ3v) is 10.1. The summed E-state index contributed by atoms with van der Waals surface area (Å²) in [6.07, 6.45) is -0.0379. The Morgan fingerprint density at radius 1 is 0.958 bits per heavy atom. The van der Waals surface area contributed by atoms with Crippen LogP contribution >= 0.6 is 46.3 Å². The number of thiophene rings is 1. The molecule has 1 unspecified atom stereocenters. The molecule has 1 aliphatic heterocycles. The number of hydrogen-bond acceptors (Lipinski definition) is 8. The second kappa shape index (κ2) is 15.0. The molecule has 13 heteroatoms. The summed E-state index contributed by atoms with van der Waals surface area (Å²) in [6.45, 7) is 6.01. The maximum Gasteiger partial charge on any atom is 0.410 e. The number of anilines is 2. The first-order valence-electron chi connectivity index (χ1n) is 14.9. The Morgan fingerprint density at radius 2 is 1.71 bits per heavy atom. The molecule has 250 valence electrons. The Labute approximate surface area is 296 Å². The molecule has 48 heavy (non-hydrogen) atoms. The second-order valence-electron chi connectivity index (χ2n) is 11.9. The van der Waals surface area contributed by atoms with Gasteiger partial charge in [0.05, 0.1) is 29.8 Å². The largest absolute Gasteiger partial charge is 0.465 e. The van der Waals surface area contributed by atoms with Crippen LogP contribution in [0, 0.1) is 0 Å². The Morgan fingerprint density at radius 3 is 2.40 bits per heavy atom. The predicted octanol–water partition coefficient (Wildman–Crippen LogP) is 8.86. The summed E-state index contributed by atoms with van der Waals surface area (Å²) in [6, 6.07) is 21.0. The van der Waals surface area contributed by atoms with Gasteiger partial charge in [0, 0.05) is 27.0 Å². The summed E-state index contributed by atoms with van der Waals surface area (Å²) in [5.41, 5.74) is 1.90. The van der Waals surface area contributed by atoms with Crippen LogP contribution in [-0.2, 0) is 27.2 Å². The summed E-state index contributed by atoms with van der Waals surface area (Å²) in [5.74, 6) is -1.33. The van der Waals surface area contributed by atoms with Crippen LogP contribution in [0.4, 0.5) is 15.5 Å². The van der Waals surface area contributed by atoms with Crippen LogP contribution in [0.5, 0.6) is 0 Å². The quantitative estimate of drug-likeness (QED) is 0.138. The fraction of sp³-hybridized carbons (Fsp3) is 0.257. The molecule has 3 aromatic carbocycles. The number of ether oxygens (including phenoxy) is 2. The SMILES string of the molecule is COC(=O)c1c(NC(=O)C(Sc2cccc(NC(=O)c3ccc(Cl)cc3Cl)c2)c2ccccc2)sc2c1CCN(C(=O)OC(C)(C)C)C2. The Hall–Kier alpha value is -4.03. The van der Waals surface area contributed by atoms with Crippen LogP contribution in [-0.4, -0.2) is 48.0 Å². The fourth-order valence-corrected chi connectivity index (χ4v) is 7.86. The Bertz CT molecular complexity index is 1860. The smallest absolute Gasteiger partial charge is 0.410 e. The molecule has 0 spiro atoms. The van der Waals surface area contributed by atoms with Gasteiger partial charge in [0.25, 0.3) is 5.91 Å². The average Bonchev–Trinajstić information content (AvgIpc) is 3.39. The van der Waals surface area contributed by atoms with Crippen molar-refractivity contribution in [3.63, 3.8) is 0 Å². The molecular weight excluding hydrogens is 693 g/mol. The van der Waals surface area contributed by atoms with Crippen molar-refractivity contribution in [1.82, 2.24) is 4.90 Å². The first kappa shape index (κ1) is 35.3. The topological polar surface area (TPSA) is 114 Å². The van der Waals surface area contributed by atoms with Gasteiger partial charge in [-0.1, -0.05) is 59.6 Å². The zero-order valence-electron chi connectivity index (χ0n) is 26.6. The number of halogens is 2. The number of carbonyl (C=O) groups excluding carboxylic acids is 4. The molecule has 1 aromatic heterocycles. The molecule has 0 aliphatic carbocycles. The van der Waals surface area contributed by atoms with Crippen molar-refractivity contribution in [2.45, 2.75) is 49.5 Å². The minimum Gasteiger partial charge on any atom is -0.465 e. The van der Waals surface area contributed by atoms with E-state index in [0.29, 0.717) is 33.6 Å². The van der Waals surface area contributed by atoms with Crippen LogP contribution in [0.2, 0.25) is 10.0 Å². The molecular formula is C35H33Cl2N3O6S2. The zero-order chi connectivity index (χ0) is 34.6. The first-order chi connectivity index (χ1) is 22.8. The summed E-state index contributed by atoms with van der Waals surface area (Å²) < 4.78 is 10.7. The zero-order valence-corrected chi connectivity index (χ0v) is 29.7. The maximum absolute atomic E-state index is 14.1. The van der Waals surface area contributed by atoms with Gasteiger partial charge in [-0.05, 0) is 74.7 Å². The van der Waals surface area contributed by atoms with E-state index in [2.05, 4.69) is 10.6 Å². The van der Waals surface area contributed by atoms with E-state index >= 15 is 0 Å². The van der Waals surface area contributed by atoms with Crippen LogP contribution < -0.4 is 10.6 Å². The van der Waals surface area contributed by atoms with Crippen LogP contribution in [0.25, 0.3) is 0 Å². The van der Waals surface area contributed by atoms with Gasteiger partial charge in [-0.2, -0.15) is 0 Å². The number of methoxy groups -OCH3 is 1. The van der Waals surface area contributed by atoms with E-state index in [1.807, 2.05) is 36.4 Å². The molecule has 9 nitrogen and oxygen atoms in total. The lowest BCUT2D eigenvalue weighted by atomic mass is 10.0. The number of amides is 3. The fourth-order valence-electron chi connectivity index (χ4n) is 5.03. The Kier molecular flexibility index (Phi) is 11.0. The van der Waals surface area contributed by atoms with Crippen molar-refractivity contribution in [2.24, 2.45) is 0 Å². The first-order valence-corrected chi connectivity index (χ1v) is 17.4. The number of benzene rings is 3. The predicted molar refractivity (Wildman–Crippen MR) is 191 cm³/mol. The molecule has 2 N–H and O–H groups in total. The number of hydrogen-bond donors (Lipinski definition) is 2. The van der Waals surface area contributed by atoms with Crippen LogP contribution in [0.3, 0.4) is 0 Å². The van der Waals surface area contributed by atoms with Crippen molar-refractivity contribution in [3.05, 3.63) is 110 Å². The molecule has 0 saturated carbocycles. The third-order valence-electron chi connectivity index (χ3n) is 7.20. The second-order valence-corrected chi connectivity index (χ2v) is 15.0. The molecule has 5 rings (SSSR count). The van der Waals surface area contributed by atoms with E-state index in [4.69, 9.17) is 32.7 Å². The summed E-state index contributed by atoms with van der Waals surface area (Å²) in [7, 11) is 1.29. The maximum atomic E-state index is 14.1. The lowest BCUT2D eigenvalue weighted by molar-refractivity contribution is -0.115. The Balaban J connectivity index is 1.39. The standard InChI is InChI=1S/C35H33Cl2N3O6S2/c1-35(2,3)46-34(44)40-16-15-25-27(19-40)48-32(28(25)33(43)45-4)39-31(42)29(20-9-6-5-7-10-20)47-23-12-8-11-22(18-23)38-30(41)24-14-13-21(36)17-26(24)37/h5-14,17-18,29H,15-16,19H2,1-4H3,(H,38,41)(H,39,42). The van der Waals surface area contributed by atoms with Crippen molar-refractivity contribution in [3.8, 4) is 0 Å². The molecule has 0 fully saturated rings. The van der Waals surface area contributed by atoms with E-state index in [1.54, 1.807) is 56.0 Å². The molecule has 0 radical (unpaired) electrons. The van der Waals surface area contributed by atoms with E-state index in [9.17, 15) is 19.2 Å². The highest BCUT2D eigenvalue weighted by Gasteiger charge is 2.33. The van der Waals surface area contributed by atoms with Crippen LogP contribution in [0.1, 0.15) is 62.7 Å². The normalized spacial score (nSPS) is 13.2. The van der Waals surface area contributed by atoms with Gasteiger partial charge in [0.2, 0.25) is 5.91 Å². The molecule has 1 atom stereocenters. The van der Waals surface area contributed by atoms with E-state index in [1.165, 1.54) is 36.3 Å². The van der Waals surface area contributed by atoms with Crippen molar-refractivity contribution in [2.75, 3.05) is 24.3 Å². The number of fused-ring (bicyclic) bond motifs is 1. The third kappa shape index (κ3) is 8.51. The van der Waals surface area contributed by atoms with Gasteiger partial charge < -0.3 is 25.0 Å². The van der Waals surface area contributed by atoms with E-state index in [0.717, 1.165) is 16.0 Å². The van der Waals surface area contributed by atoms with Gasteiger partial charge in [-0.25, -0.2) is 9.59 Å². The lowest BCUT2D eigenvalue weighted by Crippen LogP contribution is -2.39. The average molecular weight is 727 g/mol. The number of nitrogens with one attached hydrogen (secondary N) is 2. The highest BCUT2D eigenvalue weighted by atomic mass is 35.5. The summed E-state index contributed by atoms with van der Waals surface area (Å²) in [4.78, 5) is 55.9. The lowest BCUT2D eigenvalue weighted by Gasteiger charge is -2.30. The summed E-state index contributed by atoms with van der Waals surface area (Å²) in [5, 5.41) is 6.11. The van der Waals surface area contributed by atoms with Gasteiger partial charge in [0.1, 0.15) is 15.9 Å². The molecule has 0 saturated heterocycles. The molecule has 3 amide bonds. The molecule has 2 heterocycles. The van der Waals surface area contributed by atoms with Gasteiger partial charge >= 0.3 is 12.1 Å². The van der Waals surface area contributed by atoms with Gasteiger partial charge in [0.15, 0.2) is 0 Å². The number of esters is 1. The minimum absolute atomic E-state index is 0.227. The number of nitrogens with zero attached hydrogens (tertiary/aromatic N) is 1. The molecule has 0 bridgehead atoms. The van der Waals surface area contributed by atoms with Crippen molar-refractivity contribution >= 4 is 80.9 Å². The van der Waals surface area contributed by atoms with E-state index in [-0.39, 0.29) is 28.6 Å². The monoisotopic (exact) mass is 725 g/mol. The molecule has 4 aromatic rings. The van der Waals surface area contributed by atoms with E-state index < -0.39 is 28.8 Å². The molecule has 1 aliphatic rings. The van der Waals surface area contributed by atoms with Gasteiger partial charge in [-0.15, -0.1) is 23.1 Å². The van der Waals surface area contributed by atoms with Crippen molar-refractivity contribution in [1.29, 1.82) is 0 Å². The van der Waals surface area contributed by atoms with Crippen LogP contribution in [0.15, 0.2) is 77.7 Å². The van der Waals surface area contributed by atoms with Crippen molar-refractivity contribution < 1.29 is 28.7 Å².